The summed E-state index contributed by atoms with van der Waals surface area (Å²) in [6.07, 6.45) is 11.1. The number of halogens is 1. The molecule has 8 heteroatoms. The van der Waals surface area contributed by atoms with Crippen LogP contribution in [0, 0.1) is 5.82 Å². The van der Waals surface area contributed by atoms with Crippen LogP contribution in [-0.2, 0) is 6.54 Å². The minimum atomic E-state index is -0.289. The number of aromatic nitrogens is 5. The van der Waals surface area contributed by atoms with Gasteiger partial charge in [0, 0.05) is 25.4 Å². The Labute approximate surface area is 162 Å². The van der Waals surface area contributed by atoms with Crippen LogP contribution in [0.5, 0.6) is 0 Å². The maximum atomic E-state index is 13.1. The second kappa shape index (κ2) is 7.92. The molecule has 0 aliphatic heterocycles. The monoisotopic (exact) mass is 382 g/mol. The SMILES string of the molecule is CN(Cc1cnn(-c2ccc(F)cc2)c1)C(=O)c1cn(C2CCCCC2)nn1. The molecule has 3 aromatic rings. The Kier molecular flexibility index (Phi) is 5.18. The van der Waals surface area contributed by atoms with Crippen molar-refractivity contribution in [2.75, 3.05) is 7.05 Å². The predicted molar refractivity (Wildman–Crippen MR) is 101 cm³/mol. The number of carbonyl (C=O) groups is 1. The first-order chi connectivity index (χ1) is 13.6. The summed E-state index contributed by atoms with van der Waals surface area (Å²) in [5.74, 6) is -0.459. The van der Waals surface area contributed by atoms with Gasteiger partial charge >= 0.3 is 0 Å². The van der Waals surface area contributed by atoms with Crippen LogP contribution in [0.3, 0.4) is 0 Å². The zero-order valence-corrected chi connectivity index (χ0v) is 15.8. The molecule has 1 aliphatic rings. The first-order valence-electron chi connectivity index (χ1n) is 9.57. The number of hydrogen-bond acceptors (Lipinski definition) is 4. The Morgan fingerprint density at radius 3 is 2.68 bits per heavy atom. The van der Waals surface area contributed by atoms with Gasteiger partial charge in [0.2, 0.25) is 0 Å². The number of benzene rings is 1. The molecule has 0 spiro atoms. The summed E-state index contributed by atoms with van der Waals surface area (Å²) in [5.41, 5.74) is 2.00. The van der Waals surface area contributed by atoms with Gasteiger partial charge in [-0.2, -0.15) is 5.10 Å². The molecule has 146 valence electrons. The van der Waals surface area contributed by atoms with Gasteiger partial charge in [0.15, 0.2) is 5.69 Å². The van der Waals surface area contributed by atoms with Crippen molar-refractivity contribution < 1.29 is 9.18 Å². The molecule has 0 radical (unpaired) electrons. The number of hydrogen-bond donors (Lipinski definition) is 0. The highest BCUT2D eigenvalue weighted by Gasteiger charge is 2.21. The van der Waals surface area contributed by atoms with Crippen LogP contribution in [0.1, 0.15) is 54.2 Å². The van der Waals surface area contributed by atoms with Gasteiger partial charge in [-0.3, -0.25) is 4.79 Å². The van der Waals surface area contributed by atoms with E-state index in [1.807, 2.05) is 10.9 Å². The zero-order valence-electron chi connectivity index (χ0n) is 15.8. The Morgan fingerprint density at radius 1 is 1.18 bits per heavy atom. The molecular weight excluding hydrogens is 359 g/mol. The van der Waals surface area contributed by atoms with Crippen molar-refractivity contribution in [2.24, 2.45) is 0 Å². The third kappa shape index (κ3) is 3.95. The summed E-state index contributed by atoms with van der Waals surface area (Å²) in [7, 11) is 1.73. The van der Waals surface area contributed by atoms with Crippen LogP contribution < -0.4 is 0 Å². The normalized spacial score (nSPS) is 14.9. The molecular formula is C20H23FN6O. The lowest BCUT2D eigenvalue weighted by atomic mass is 9.96. The summed E-state index contributed by atoms with van der Waals surface area (Å²) in [6, 6.07) is 6.45. The first kappa shape index (κ1) is 18.3. The van der Waals surface area contributed by atoms with Crippen molar-refractivity contribution in [2.45, 2.75) is 44.7 Å². The fourth-order valence-electron chi connectivity index (χ4n) is 3.62. The van der Waals surface area contributed by atoms with Gasteiger partial charge in [0.05, 0.1) is 24.1 Å². The summed E-state index contributed by atoms with van der Waals surface area (Å²) < 4.78 is 16.6. The van der Waals surface area contributed by atoms with E-state index in [0.717, 1.165) is 24.1 Å². The third-order valence-electron chi connectivity index (χ3n) is 5.17. The molecule has 2 aromatic heterocycles. The highest BCUT2D eigenvalue weighted by Crippen LogP contribution is 2.27. The third-order valence-corrected chi connectivity index (χ3v) is 5.17. The minimum Gasteiger partial charge on any atom is -0.336 e. The van der Waals surface area contributed by atoms with Crippen molar-refractivity contribution in [1.82, 2.24) is 29.7 Å². The van der Waals surface area contributed by atoms with E-state index < -0.39 is 0 Å². The Balaban J connectivity index is 1.41. The topological polar surface area (TPSA) is 68.8 Å². The van der Waals surface area contributed by atoms with E-state index in [9.17, 15) is 9.18 Å². The molecule has 0 N–H and O–H groups in total. The number of nitrogens with zero attached hydrogens (tertiary/aromatic N) is 6. The second-order valence-corrected chi connectivity index (χ2v) is 7.31. The van der Waals surface area contributed by atoms with Crippen LogP contribution in [0.2, 0.25) is 0 Å². The summed E-state index contributed by atoms with van der Waals surface area (Å²) in [5, 5.41) is 12.5. The molecule has 7 nitrogen and oxygen atoms in total. The van der Waals surface area contributed by atoms with E-state index in [0.29, 0.717) is 18.3 Å². The maximum absolute atomic E-state index is 13.1. The summed E-state index contributed by atoms with van der Waals surface area (Å²) in [4.78, 5) is 14.3. The molecule has 4 rings (SSSR count). The quantitative estimate of drug-likeness (QED) is 0.678. The van der Waals surface area contributed by atoms with Crippen LogP contribution in [0.4, 0.5) is 4.39 Å². The lowest BCUT2D eigenvalue weighted by Gasteiger charge is -2.21. The van der Waals surface area contributed by atoms with Gasteiger partial charge in [0.1, 0.15) is 5.82 Å². The largest absolute Gasteiger partial charge is 0.336 e. The summed E-state index contributed by atoms with van der Waals surface area (Å²) >= 11 is 0. The lowest BCUT2D eigenvalue weighted by Crippen LogP contribution is -2.26. The van der Waals surface area contributed by atoms with E-state index >= 15 is 0 Å². The van der Waals surface area contributed by atoms with Crippen molar-refractivity contribution in [3.63, 3.8) is 0 Å². The van der Waals surface area contributed by atoms with Gasteiger partial charge in [0.25, 0.3) is 5.91 Å². The lowest BCUT2D eigenvalue weighted by molar-refractivity contribution is 0.0779. The molecule has 1 amide bonds. The van der Waals surface area contributed by atoms with E-state index in [1.165, 1.54) is 31.4 Å². The van der Waals surface area contributed by atoms with Crippen LogP contribution in [0.15, 0.2) is 42.9 Å². The Morgan fingerprint density at radius 2 is 1.93 bits per heavy atom. The average Bonchev–Trinajstić information content (AvgIpc) is 3.39. The van der Waals surface area contributed by atoms with Crippen molar-refractivity contribution in [3.05, 3.63) is 59.9 Å². The minimum absolute atomic E-state index is 0.170. The zero-order chi connectivity index (χ0) is 19.5. The highest BCUT2D eigenvalue weighted by atomic mass is 19.1. The van der Waals surface area contributed by atoms with Gasteiger partial charge in [-0.05, 0) is 37.1 Å². The first-order valence-corrected chi connectivity index (χ1v) is 9.57. The molecule has 1 fully saturated rings. The predicted octanol–water partition coefficient (Wildman–Crippen LogP) is 3.38. The number of amides is 1. The van der Waals surface area contributed by atoms with Crippen molar-refractivity contribution in [1.29, 1.82) is 0 Å². The standard InChI is InChI=1S/C20H23FN6O/c1-25(12-15-11-22-26(13-15)18-9-7-16(21)8-10-18)20(28)19-14-27(24-23-19)17-5-3-2-4-6-17/h7-11,13-14,17H,2-6,12H2,1H3. The molecule has 0 unspecified atom stereocenters. The fraction of sp³-hybridized carbons (Fsp3) is 0.400. The Bertz CT molecular complexity index is 942. The van der Waals surface area contributed by atoms with Crippen LogP contribution >= 0.6 is 0 Å². The van der Waals surface area contributed by atoms with Gasteiger partial charge < -0.3 is 4.90 Å². The molecule has 28 heavy (non-hydrogen) atoms. The van der Waals surface area contributed by atoms with E-state index in [4.69, 9.17) is 0 Å². The van der Waals surface area contributed by atoms with E-state index in [-0.39, 0.29) is 11.7 Å². The molecule has 0 saturated heterocycles. The second-order valence-electron chi connectivity index (χ2n) is 7.31. The highest BCUT2D eigenvalue weighted by molar-refractivity contribution is 5.91. The van der Waals surface area contributed by atoms with Crippen molar-refractivity contribution in [3.8, 4) is 5.69 Å². The Hall–Kier alpha value is -3.03. The number of rotatable bonds is 5. The van der Waals surface area contributed by atoms with Crippen molar-refractivity contribution >= 4 is 5.91 Å². The maximum Gasteiger partial charge on any atom is 0.276 e. The van der Waals surface area contributed by atoms with Crippen LogP contribution in [0.25, 0.3) is 5.69 Å². The molecule has 1 aromatic carbocycles. The summed E-state index contributed by atoms with van der Waals surface area (Å²) in [6.45, 7) is 0.399. The molecule has 1 saturated carbocycles. The fourth-order valence-corrected chi connectivity index (χ4v) is 3.62. The smallest absolute Gasteiger partial charge is 0.276 e. The van der Waals surface area contributed by atoms with Gasteiger partial charge in [-0.1, -0.05) is 24.5 Å². The van der Waals surface area contributed by atoms with E-state index in [1.54, 1.807) is 41.2 Å². The average molecular weight is 382 g/mol. The molecule has 0 atom stereocenters. The number of carbonyl (C=O) groups excluding carboxylic acids is 1. The van der Waals surface area contributed by atoms with Gasteiger partial charge in [-0.15, -0.1) is 5.10 Å². The molecule has 2 heterocycles. The van der Waals surface area contributed by atoms with Crippen LogP contribution in [-0.4, -0.2) is 42.6 Å². The molecule has 0 bridgehead atoms. The van der Waals surface area contributed by atoms with Gasteiger partial charge in [-0.25, -0.2) is 13.8 Å². The van der Waals surface area contributed by atoms with E-state index in [2.05, 4.69) is 15.4 Å². The molecule has 1 aliphatic carbocycles.